The van der Waals surface area contributed by atoms with Crippen LogP contribution in [0.2, 0.25) is 5.15 Å². The van der Waals surface area contributed by atoms with Gasteiger partial charge in [-0.3, -0.25) is 4.79 Å². The van der Waals surface area contributed by atoms with Crippen molar-refractivity contribution in [2.24, 2.45) is 0 Å². The number of halogens is 2. The Morgan fingerprint density at radius 2 is 2.00 bits per heavy atom. The second-order valence-corrected chi connectivity index (χ2v) is 7.63. The number of nitrogens with zero attached hydrogens (tertiary/aromatic N) is 1. The third-order valence-corrected chi connectivity index (χ3v) is 5.49. The van der Waals surface area contributed by atoms with Crippen molar-refractivity contribution in [3.8, 4) is 16.9 Å². The standard InChI is InChI=1S/C25H20ClFN2O3/c1-14(11-22(30)29-21-5-4-10-28-25(21)26)18-12-19-20(16-6-8-17(27)9-7-16)13-32-24(19)15(2)23(18)31-3/h4-13H,1-3H3,(H,29,30)/b14-11+. The number of benzene rings is 2. The van der Waals surface area contributed by atoms with Crippen LogP contribution in [-0.4, -0.2) is 18.0 Å². The van der Waals surface area contributed by atoms with E-state index in [0.717, 1.165) is 27.6 Å². The van der Waals surface area contributed by atoms with Crippen molar-refractivity contribution in [2.75, 3.05) is 12.4 Å². The van der Waals surface area contributed by atoms with Gasteiger partial charge in [-0.2, -0.15) is 0 Å². The van der Waals surface area contributed by atoms with Crippen molar-refractivity contribution in [3.63, 3.8) is 0 Å². The predicted octanol–water partition coefficient (Wildman–Crippen LogP) is 6.65. The largest absolute Gasteiger partial charge is 0.496 e. The highest BCUT2D eigenvalue weighted by Gasteiger charge is 2.19. The zero-order chi connectivity index (χ0) is 22.8. The SMILES string of the molecule is COc1c(/C(C)=C/C(=O)Nc2cccnc2Cl)cc2c(-c3ccc(F)cc3)coc2c1C. The highest BCUT2D eigenvalue weighted by Crippen LogP contribution is 2.40. The number of anilines is 1. The highest BCUT2D eigenvalue weighted by molar-refractivity contribution is 6.32. The van der Waals surface area contributed by atoms with E-state index < -0.39 is 0 Å². The summed E-state index contributed by atoms with van der Waals surface area (Å²) in [7, 11) is 1.57. The van der Waals surface area contributed by atoms with E-state index in [9.17, 15) is 9.18 Å². The molecule has 32 heavy (non-hydrogen) atoms. The average molecular weight is 451 g/mol. The van der Waals surface area contributed by atoms with E-state index in [1.165, 1.54) is 18.2 Å². The molecule has 2 aromatic carbocycles. The molecule has 0 saturated heterocycles. The Morgan fingerprint density at radius 3 is 2.69 bits per heavy atom. The number of methoxy groups -OCH3 is 1. The van der Waals surface area contributed by atoms with E-state index in [1.807, 2.05) is 19.9 Å². The predicted molar refractivity (Wildman–Crippen MR) is 124 cm³/mol. The fourth-order valence-electron chi connectivity index (χ4n) is 3.65. The number of amides is 1. The van der Waals surface area contributed by atoms with Crippen LogP contribution in [0.1, 0.15) is 18.1 Å². The Balaban J connectivity index is 1.77. The number of nitrogens with one attached hydrogen (secondary N) is 1. The molecule has 0 fully saturated rings. The molecular formula is C25H20ClFN2O3. The van der Waals surface area contributed by atoms with Crippen molar-refractivity contribution < 1.29 is 18.3 Å². The molecular weight excluding hydrogens is 431 g/mol. The van der Waals surface area contributed by atoms with E-state index in [2.05, 4.69) is 10.3 Å². The molecule has 4 rings (SSSR count). The van der Waals surface area contributed by atoms with Crippen molar-refractivity contribution in [3.05, 3.63) is 83.1 Å². The first-order valence-corrected chi connectivity index (χ1v) is 10.2. The van der Waals surface area contributed by atoms with Crippen LogP contribution >= 0.6 is 11.6 Å². The molecule has 0 saturated carbocycles. The summed E-state index contributed by atoms with van der Waals surface area (Å²) in [5.74, 6) is -0.0415. The number of rotatable bonds is 5. The lowest BCUT2D eigenvalue weighted by atomic mass is 9.96. The summed E-state index contributed by atoms with van der Waals surface area (Å²) in [5.41, 5.74) is 4.99. The fraction of sp³-hybridized carbons (Fsp3) is 0.120. The number of aryl methyl sites for hydroxylation is 1. The molecule has 0 atom stereocenters. The van der Waals surface area contributed by atoms with E-state index in [4.69, 9.17) is 20.8 Å². The van der Waals surface area contributed by atoms with Crippen molar-refractivity contribution in [1.82, 2.24) is 4.98 Å². The van der Waals surface area contributed by atoms with E-state index in [-0.39, 0.29) is 16.9 Å². The summed E-state index contributed by atoms with van der Waals surface area (Å²) >= 11 is 6.03. The molecule has 7 heteroatoms. The van der Waals surface area contributed by atoms with Crippen LogP contribution in [0, 0.1) is 12.7 Å². The molecule has 1 N–H and O–H groups in total. The molecule has 2 aromatic heterocycles. The maximum atomic E-state index is 13.4. The third-order valence-electron chi connectivity index (χ3n) is 5.19. The molecule has 5 nitrogen and oxygen atoms in total. The van der Waals surface area contributed by atoms with Crippen LogP contribution in [0.5, 0.6) is 5.75 Å². The van der Waals surface area contributed by atoms with Gasteiger partial charge in [0, 0.05) is 34.3 Å². The van der Waals surface area contributed by atoms with Gasteiger partial charge in [-0.1, -0.05) is 23.7 Å². The number of furan rings is 1. The zero-order valence-electron chi connectivity index (χ0n) is 17.7. The van der Waals surface area contributed by atoms with Crippen LogP contribution in [0.25, 0.3) is 27.7 Å². The maximum Gasteiger partial charge on any atom is 0.248 e. The van der Waals surface area contributed by atoms with E-state index in [0.29, 0.717) is 22.6 Å². The van der Waals surface area contributed by atoms with Crippen molar-refractivity contribution in [2.45, 2.75) is 13.8 Å². The van der Waals surface area contributed by atoms with Crippen LogP contribution in [0.15, 0.2) is 65.4 Å². The molecule has 0 aliphatic carbocycles. The van der Waals surface area contributed by atoms with Crippen molar-refractivity contribution >= 4 is 39.7 Å². The van der Waals surface area contributed by atoms with Gasteiger partial charge in [0.2, 0.25) is 5.91 Å². The smallest absolute Gasteiger partial charge is 0.248 e. The number of carbonyl (C=O) groups is 1. The number of hydrogen-bond donors (Lipinski definition) is 1. The molecule has 0 aliphatic rings. The van der Waals surface area contributed by atoms with Gasteiger partial charge >= 0.3 is 0 Å². The Labute approximate surface area is 189 Å². The van der Waals surface area contributed by atoms with E-state index in [1.54, 1.807) is 43.8 Å². The number of ether oxygens (including phenoxy) is 1. The molecule has 0 spiro atoms. The first-order chi connectivity index (χ1) is 15.4. The molecule has 0 unspecified atom stereocenters. The zero-order valence-corrected chi connectivity index (χ0v) is 18.5. The number of allylic oxidation sites excluding steroid dienone is 1. The Bertz CT molecular complexity index is 1340. The maximum absolute atomic E-state index is 13.4. The summed E-state index contributed by atoms with van der Waals surface area (Å²) in [6.07, 6.45) is 4.67. The molecule has 162 valence electrons. The lowest BCUT2D eigenvalue weighted by Crippen LogP contribution is -2.09. The average Bonchev–Trinajstić information content (AvgIpc) is 3.20. The van der Waals surface area contributed by atoms with Gasteiger partial charge < -0.3 is 14.5 Å². The minimum absolute atomic E-state index is 0.212. The first-order valence-electron chi connectivity index (χ1n) is 9.84. The van der Waals surface area contributed by atoms with E-state index >= 15 is 0 Å². The number of pyridine rings is 1. The number of carbonyl (C=O) groups excluding carboxylic acids is 1. The number of hydrogen-bond acceptors (Lipinski definition) is 4. The topological polar surface area (TPSA) is 64.4 Å². The van der Waals surface area contributed by atoms with Crippen LogP contribution in [0.4, 0.5) is 10.1 Å². The number of fused-ring (bicyclic) bond motifs is 1. The quantitative estimate of drug-likeness (QED) is 0.273. The Hall–Kier alpha value is -3.64. The Morgan fingerprint density at radius 1 is 1.25 bits per heavy atom. The molecule has 2 heterocycles. The van der Waals surface area contributed by atoms with Crippen LogP contribution < -0.4 is 10.1 Å². The lowest BCUT2D eigenvalue weighted by Gasteiger charge is -2.13. The molecule has 0 bridgehead atoms. The summed E-state index contributed by atoms with van der Waals surface area (Å²) in [5, 5.41) is 3.79. The minimum atomic E-state index is -0.344. The second-order valence-electron chi connectivity index (χ2n) is 7.27. The summed E-state index contributed by atoms with van der Waals surface area (Å²) in [6, 6.07) is 11.5. The lowest BCUT2D eigenvalue weighted by molar-refractivity contribution is -0.111. The summed E-state index contributed by atoms with van der Waals surface area (Å²) < 4.78 is 24.8. The molecule has 4 aromatic rings. The van der Waals surface area contributed by atoms with Gasteiger partial charge in [0.1, 0.15) is 17.1 Å². The fourth-order valence-corrected chi connectivity index (χ4v) is 3.81. The molecule has 0 aliphatic heterocycles. The summed E-state index contributed by atoms with van der Waals surface area (Å²) in [4.78, 5) is 16.6. The second kappa shape index (κ2) is 8.85. The van der Waals surface area contributed by atoms with Gasteiger partial charge in [0.15, 0.2) is 5.15 Å². The van der Waals surface area contributed by atoms with Gasteiger partial charge in [0.25, 0.3) is 0 Å². The Kier molecular flexibility index (Phi) is 5.97. The van der Waals surface area contributed by atoms with Gasteiger partial charge in [-0.15, -0.1) is 0 Å². The molecule has 0 radical (unpaired) electrons. The highest BCUT2D eigenvalue weighted by atomic mass is 35.5. The minimum Gasteiger partial charge on any atom is -0.496 e. The van der Waals surface area contributed by atoms with Crippen LogP contribution in [0.3, 0.4) is 0 Å². The molecule has 1 amide bonds. The van der Waals surface area contributed by atoms with Gasteiger partial charge in [-0.25, -0.2) is 9.37 Å². The normalized spacial score (nSPS) is 11.6. The first kappa shape index (κ1) is 21.6. The van der Waals surface area contributed by atoms with Crippen molar-refractivity contribution in [1.29, 1.82) is 0 Å². The monoisotopic (exact) mass is 450 g/mol. The van der Waals surface area contributed by atoms with Gasteiger partial charge in [0.05, 0.1) is 19.1 Å². The van der Waals surface area contributed by atoms with Gasteiger partial charge in [-0.05, 0) is 55.3 Å². The van der Waals surface area contributed by atoms with Crippen LogP contribution in [-0.2, 0) is 4.79 Å². The third kappa shape index (κ3) is 4.09. The number of aromatic nitrogens is 1. The summed E-state index contributed by atoms with van der Waals surface area (Å²) in [6.45, 7) is 3.72.